The molecule has 1 saturated heterocycles. The molecule has 4 nitrogen and oxygen atoms in total. The first kappa shape index (κ1) is 21.4. The van der Waals surface area contributed by atoms with Crippen LogP contribution >= 0.6 is 0 Å². The van der Waals surface area contributed by atoms with Gasteiger partial charge in [-0.05, 0) is 36.1 Å². The zero-order chi connectivity index (χ0) is 20.7. The van der Waals surface area contributed by atoms with Crippen molar-refractivity contribution in [1.29, 1.82) is 0 Å². The highest BCUT2D eigenvalue weighted by molar-refractivity contribution is 5.32. The normalized spacial score (nSPS) is 20.6. The van der Waals surface area contributed by atoms with Crippen LogP contribution in [0.15, 0.2) is 54.6 Å². The van der Waals surface area contributed by atoms with Gasteiger partial charge in [0.2, 0.25) is 0 Å². The molecule has 1 atom stereocenters. The largest absolute Gasteiger partial charge is 0.493 e. The molecule has 1 saturated carbocycles. The Bertz CT molecular complexity index is 750. The molecule has 1 unspecified atom stereocenters. The van der Waals surface area contributed by atoms with Crippen LogP contribution in [-0.4, -0.2) is 54.9 Å². The van der Waals surface area contributed by atoms with E-state index in [1.807, 2.05) is 6.07 Å². The van der Waals surface area contributed by atoms with E-state index >= 15 is 0 Å². The second-order valence-corrected chi connectivity index (χ2v) is 9.04. The fraction of sp³-hybridized carbons (Fsp3) is 0.538. The molecule has 0 aromatic heterocycles. The molecule has 1 aliphatic carbocycles. The number of hydrogen-bond donors (Lipinski definition) is 2. The number of benzene rings is 2. The van der Waals surface area contributed by atoms with Crippen molar-refractivity contribution in [3.05, 3.63) is 65.7 Å². The third kappa shape index (κ3) is 5.63. The lowest BCUT2D eigenvalue weighted by atomic mass is 9.72. The Hall–Kier alpha value is -1.88. The van der Waals surface area contributed by atoms with E-state index < -0.39 is 5.60 Å². The summed E-state index contributed by atoms with van der Waals surface area (Å²) in [6.07, 6.45) is 6.29. The minimum absolute atomic E-state index is 0.175. The predicted molar refractivity (Wildman–Crippen MR) is 121 cm³/mol. The third-order valence-electron chi connectivity index (χ3n) is 6.89. The van der Waals surface area contributed by atoms with Gasteiger partial charge in [0.1, 0.15) is 5.75 Å². The first-order chi connectivity index (χ1) is 14.7. The van der Waals surface area contributed by atoms with Crippen LogP contribution in [0.5, 0.6) is 5.75 Å². The van der Waals surface area contributed by atoms with Crippen molar-refractivity contribution in [3.63, 3.8) is 0 Å². The molecule has 2 aromatic carbocycles. The Morgan fingerprint density at radius 2 is 1.63 bits per heavy atom. The number of rotatable bonds is 8. The molecule has 3 N–H and O–H groups in total. The van der Waals surface area contributed by atoms with E-state index in [9.17, 15) is 5.11 Å². The van der Waals surface area contributed by atoms with Gasteiger partial charge in [-0.25, -0.2) is 0 Å². The van der Waals surface area contributed by atoms with Gasteiger partial charge in [0.25, 0.3) is 0 Å². The zero-order valence-electron chi connectivity index (χ0n) is 18.1. The summed E-state index contributed by atoms with van der Waals surface area (Å²) in [4.78, 5) is 2.54. The van der Waals surface area contributed by atoms with E-state index in [0.717, 1.165) is 57.5 Å². The van der Waals surface area contributed by atoms with Gasteiger partial charge in [-0.15, -0.1) is 0 Å². The zero-order valence-corrected chi connectivity index (χ0v) is 18.1. The lowest BCUT2D eigenvalue weighted by Crippen LogP contribution is -2.89. The van der Waals surface area contributed by atoms with E-state index in [1.54, 1.807) is 0 Å². The monoisotopic (exact) mass is 409 g/mol. The van der Waals surface area contributed by atoms with Crippen LogP contribution in [0.2, 0.25) is 0 Å². The van der Waals surface area contributed by atoms with Crippen molar-refractivity contribution < 1.29 is 15.2 Å². The molecule has 0 spiro atoms. The summed E-state index contributed by atoms with van der Waals surface area (Å²) in [6, 6.07) is 19.0. The Balaban J connectivity index is 1.41. The number of quaternary nitrogens is 1. The van der Waals surface area contributed by atoms with Gasteiger partial charge in [-0.3, -0.25) is 4.90 Å². The van der Waals surface area contributed by atoms with Gasteiger partial charge in [0.05, 0.1) is 25.3 Å². The van der Waals surface area contributed by atoms with Gasteiger partial charge in [-0.2, -0.15) is 0 Å². The molecule has 0 amide bonds. The summed E-state index contributed by atoms with van der Waals surface area (Å²) in [5.41, 5.74) is 1.98. The molecule has 0 radical (unpaired) electrons. The number of aliphatic hydroxyl groups is 1. The van der Waals surface area contributed by atoms with E-state index in [2.05, 4.69) is 58.7 Å². The first-order valence-corrected chi connectivity index (χ1v) is 11.8. The number of ether oxygens (including phenoxy) is 1. The maximum Gasteiger partial charge on any atom is 0.119 e. The van der Waals surface area contributed by atoms with Gasteiger partial charge in [-0.1, -0.05) is 61.7 Å². The summed E-state index contributed by atoms with van der Waals surface area (Å²) in [7, 11) is 0. The molecule has 1 aliphatic heterocycles. The van der Waals surface area contributed by atoms with Gasteiger partial charge in [0, 0.05) is 32.0 Å². The van der Waals surface area contributed by atoms with Crippen molar-refractivity contribution >= 4 is 0 Å². The van der Waals surface area contributed by atoms with Gasteiger partial charge >= 0.3 is 0 Å². The van der Waals surface area contributed by atoms with Gasteiger partial charge < -0.3 is 15.2 Å². The summed E-state index contributed by atoms with van der Waals surface area (Å²) in [5.74, 6) is 1.09. The molecular formula is C26H37N2O2+. The molecule has 2 fully saturated rings. The standard InChI is InChI=1S/C26H36N2O2/c29-26(14-5-2-6-15-26)25(21-28-18-16-27-17-19-28)23-9-11-24(12-10-23)30-20-13-22-7-3-1-4-8-22/h1,3-4,7-12,25,27,29H,2,5-6,13-21H2/p+1. The van der Waals surface area contributed by atoms with Crippen LogP contribution in [0.3, 0.4) is 0 Å². The van der Waals surface area contributed by atoms with Gasteiger partial charge in [0.15, 0.2) is 0 Å². The van der Waals surface area contributed by atoms with E-state index in [4.69, 9.17) is 4.74 Å². The highest BCUT2D eigenvalue weighted by Gasteiger charge is 2.39. The van der Waals surface area contributed by atoms with Crippen LogP contribution in [0.4, 0.5) is 0 Å². The Morgan fingerprint density at radius 1 is 0.933 bits per heavy atom. The molecule has 162 valence electrons. The predicted octanol–water partition coefficient (Wildman–Crippen LogP) is 2.97. The summed E-state index contributed by atoms with van der Waals surface area (Å²) < 4.78 is 5.99. The van der Waals surface area contributed by atoms with E-state index in [0.29, 0.717) is 6.61 Å². The molecule has 2 aliphatic rings. The molecule has 1 heterocycles. The van der Waals surface area contributed by atoms with Crippen molar-refractivity contribution in [1.82, 2.24) is 4.90 Å². The topological polar surface area (TPSA) is 49.3 Å². The Kier molecular flexibility index (Phi) is 7.42. The maximum atomic E-state index is 11.6. The second-order valence-electron chi connectivity index (χ2n) is 9.04. The summed E-state index contributed by atoms with van der Waals surface area (Å²) in [5, 5.41) is 14.0. The molecule has 0 bridgehead atoms. The minimum Gasteiger partial charge on any atom is -0.493 e. The van der Waals surface area contributed by atoms with Crippen molar-refractivity contribution in [2.24, 2.45) is 0 Å². The number of nitrogens with two attached hydrogens (primary N) is 1. The minimum atomic E-state index is -0.574. The van der Waals surface area contributed by atoms with E-state index in [1.165, 1.54) is 30.6 Å². The SMILES string of the molecule is OC1(C(CN2CC[NH2+]CC2)c2ccc(OCCc3ccccc3)cc2)CCCCC1. The number of hydrogen-bond acceptors (Lipinski definition) is 3. The molecular weight excluding hydrogens is 372 g/mol. The van der Waals surface area contributed by atoms with Crippen molar-refractivity contribution in [3.8, 4) is 5.75 Å². The van der Waals surface area contributed by atoms with Crippen LogP contribution in [0.1, 0.15) is 49.1 Å². The fourth-order valence-electron chi connectivity index (χ4n) is 5.07. The van der Waals surface area contributed by atoms with Crippen molar-refractivity contribution in [2.45, 2.75) is 50.0 Å². The molecule has 2 aromatic rings. The second kappa shape index (κ2) is 10.4. The fourth-order valence-corrected chi connectivity index (χ4v) is 5.07. The maximum absolute atomic E-state index is 11.6. The van der Waals surface area contributed by atoms with E-state index in [-0.39, 0.29) is 5.92 Å². The highest BCUT2D eigenvalue weighted by atomic mass is 16.5. The number of nitrogens with zero attached hydrogens (tertiary/aromatic N) is 1. The lowest BCUT2D eigenvalue weighted by Gasteiger charge is -2.42. The van der Waals surface area contributed by atoms with Crippen LogP contribution in [0, 0.1) is 0 Å². The van der Waals surface area contributed by atoms with Crippen LogP contribution in [-0.2, 0) is 6.42 Å². The summed E-state index contributed by atoms with van der Waals surface area (Å²) in [6.45, 7) is 6.21. The molecule has 4 rings (SSSR count). The molecule has 4 heteroatoms. The quantitative estimate of drug-likeness (QED) is 0.705. The smallest absolute Gasteiger partial charge is 0.119 e. The average Bonchev–Trinajstić information content (AvgIpc) is 2.80. The first-order valence-electron chi connectivity index (χ1n) is 11.8. The Labute approximate surface area is 181 Å². The number of piperazine rings is 1. The van der Waals surface area contributed by atoms with Crippen LogP contribution < -0.4 is 10.1 Å². The highest BCUT2D eigenvalue weighted by Crippen LogP contribution is 2.40. The lowest BCUT2D eigenvalue weighted by molar-refractivity contribution is -0.663. The third-order valence-corrected chi connectivity index (χ3v) is 6.89. The van der Waals surface area contributed by atoms with Crippen molar-refractivity contribution in [2.75, 3.05) is 39.3 Å². The Morgan fingerprint density at radius 3 is 2.33 bits per heavy atom. The van der Waals surface area contributed by atoms with Crippen LogP contribution in [0.25, 0.3) is 0 Å². The molecule has 30 heavy (non-hydrogen) atoms. The average molecular weight is 410 g/mol. The summed E-state index contributed by atoms with van der Waals surface area (Å²) >= 11 is 0.